The third kappa shape index (κ3) is 5.88. The average Bonchev–Trinajstić information content (AvgIpc) is 3.29. The Labute approximate surface area is 242 Å². The van der Waals surface area contributed by atoms with Crippen LogP contribution in [0.5, 0.6) is 5.75 Å². The van der Waals surface area contributed by atoms with Crippen molar-refractivity contribution in [1.82, 2.24) is 4.57 Å². The van der Waals surface area contributed by atoms with E-state index in [0.29, 0.717) is 11.1 Å². The molecule has 8 heteroatoms. The highest BCUT2D eigenvalue weighted by Crippen LogP contribution is 2.32. The molecule has 41 heavy (non-hydrogen) atoms. The number of rotatable bonds is 9. The van der Waals surface area contributed by atoms with E-state index >= 15 is 0 Å². The Kier molecular flexibility index (Phi) is 8.21. The predicted molar refractivity (Wildman–Crippen MR) is 163 cm³/mol. The van der Waals surface area contributed by atoms with Crippen molar-refractivity contribution in [3.8, 4) is 5.75 Å². The number of benzene rings is 3. The number of aryl methyl sites for hydroxylation is 1. The van der Waals surface area contributed by atoms with Crippen LogP contribution in [0.4, 0.5) is 0 Å². The largest absolute Gasteiger partial charge is 0.508 e. The average molecular weight is 567 g/mol. The number of Topliss-reactive ketones (excluding diaryl/α,β-unsaturated/α-hetero) is 2. The summed E-state index contributed by atoms with van der Waals surface area (Å²) in [4.78, 5) is 44.3. The number of nitrogens with zero attached hydrogens (tertiary/aromatic N) is 2. The highest BCUT2D eigenvalue weighted by atomic mass is 32.2. The van der Waals surface area contributed by atoms with Crippen molar-refractivity contribution < 1.29 is 24.3 Å². The van der Waals surface area contributed by atoms with Gasteiger partial charge < -0.3 is 14.5 Å². The Balaban J connectivity index is 1.54. The summed E-state index contributed by atoms with van der Waals surface area (Å²) in [5.74, 6) is -0.691. The van der Waals surface area contributed by atoms with Crippen LogP contribution in [0.2, 0.25) is 0 Å². The standard InChI is InChI=1S/C33H30N2O5S/c1-4-35-30-15-9-22(32(38)26-8-6-5-7-20(26)2)17-27(30)28-18-23(10-16-31(28)35)33(39)29(34-40-21(3)36)19-41-25-13-11-24(37)12-14-25/h6,8-18,37H,4-5,7,19H2,1-3H3/b34-29+. The van der Waals surface area contributed by atoms with Crippen LogP contribution < -0.4 is 0 Å². The van der Waals surface area contributed by atoms with E-state index in [-0.39, 0.29) is 28.8 Å². The minimum Gasteiger partial charge on any atom is -0.508 e. The number of fused-ring (bicyclic) bond motifs is 3. The third-order valence-electron chi connectivity index (χ3n) is 7.14. The van der Waals surface area contributed by atoms with E-state index in [1.807, 2.05) is 49.4 Å². The van der Waals surface area contributed by atoms with Gasteiger partial charge in [-0.25, -0.2) is 4.79 Å². The maximum Gasteiger partial charge on any atom is 0.331 e. The molecule has 0 amide bonds. The Bertz CT molecular complexity index is 1780. The van der Waals surface area contributed by atoms with E-state index in [1.54, 1.807) is 30.3 Å². The molecule has 4 aromatic rings. The Hall–Kier alpha value is -4.43. The lowest BCUT2D eigenvalue weighted by atomic mass is 9.92. The van der Waals surface area contributed by atoms with Crippen molar-refractivity contribution in [2.24, 2.45) is 5.16 Å². The summed E-state index contributed by atoms with van der Waals surface area (Å²) in [5.41, 5.74) is 4.84. The molecule has 7 nitrogen and oxygen atoms in total. The predicted octanol–water partition coefficient (Wildman–Crippen LogP) is 7.26. The van der Waals surface area contributed by atoms with Gasteiger partial charge in [-0.2, -0.15) is 0 Å². The van der Waals surface area contributed by atoms with Gasteiger partial charge in [-0.1, -0.05) is 22.9 Å². The summed E-state index contributed by atoms with van der Waals surface area (Å²) in [6.45, 7) is 6.01. The van der Waals surface area contributed by atoms with Gasteiger partial charge in [0, 0.05) is 62.6 Å². The van der Waals surface area contributed by atoms with Crippen molar-refractivity contribution >= 4 is 56.8 Å². The van der Waals surface area contributed by atoms with Gasteiger partial charge in [0.05, 0.1) is 0 Å². The first kappa shape index (κ1) is 28.1. The van der Waals surface area contributed by atoms with Crippen molar-refractivity contribution in [3.63, 3.8) is 0 Å². The lowest BCUT2D eigenvalue weighted by Crippen LogP contribution is -2.18. The zero-order valence-corrected chi connectivity index (χ0v) is 24.0. The Morgan fingerprint density at radius 3 is 2.27 bits per heavy atom. The first-order valence-electron chi connectivity index (χ1n) is 13.4. The van der Waals surface area contributed by atoms with Crippen LogP contribution in [0.25, 0.3) is 21.8 Å². The first-order chi connectivity index (χ1) is 19.8. The number of aromatic nitrogens is 1. The molecular weight excluding hydrogens is 536 g/mol. The number of oxime groups is 1. The number of phenols is 1. The monoisotopic (exact) mass is 566 g/mol. The number of carbonyl (C=O) groups is 3. The van der Waals surface area contributed by atoms with E-state index in [1.165, 1.54) is 18.7 Å². The summed E-state index contributed by atoms with van der Waals surface area (Å²) in [7, 11) is 0. The van der Waals surface area contributed by atoms with Crippen molar-refractivity contribution in [2.75, 3.05) is 5.75 Å². The molecule has 0 saturated heterocycles. The summed E-state index contributed by atoms with van der Waals surface area (Å²) in [6, 6.07) is 17.8. The number of phenolic OH excluding ortho intramolecular Hbond substituents is 1. The van der Waals surface area contributed by atoms with Crippen LogP contribution in [0.3, 0.4) is 0 Å². The minimum atomic E-state index is -0.623. The van der Waals surface area contributed by atoms with Crippen molar-refractivity contribution in [3.05, 3.63) is 95.1 Å². The van der Waals surface area contributed by atoms with Gasteiger partial charge in [0.15, 0.2) is 5.78 Å². The van der Waals surface area contributed by atoms with E-state index < -0.39 is 5.97 Å². The van der Waals surface area contributed by atoms with E-state index in [2.05, 4.69) is 16.6 Å². The molecule has 0 radical (unpaired) electrons. The van der Waals surface area contributed by atoms with Gasteiger partial charge in [0.1, 0.15) is 11.5 Å². The van der Waals surface area contributed by atoms with Crippen LogP contribution >= 0.6 is 11.8 Å². The lowest BCUT2D eigenvalue weighted by Gasteiger charge is -2.12. The fourth-order valence-electron chi connectivity index (χ4n) is 5.04. The van der Waals surface area contributed by atoms with Gasteiger partial charge in [-0.15, -0.1) is 11.8 Å². The van der Waals surface area contributed by atoms with Crippen LogP contribution in [-0.4, -0.2) is 38.7 Å². The molecule has 0 fully saturated rings. The minimum absolute atomic E-state index is 0.00737. The molecule has 5 rings (SSSR count). The number of carbonyl (C=O) groups excluding carboxylic acids is 3. The van der Waals surface area contributed by atoms with E-state index in [4.69, 9.17) is 4.84 Å². The smallest absolute Gasteiger partial charge is 0.331 e. The molecule has 1 aliphatic rings. The van der Waals surface area contributed by atoms with Gasteiger partial charge in [0.2, 0.25) is 5.78 Å². The molecular formula is C33H30N2O5S. The van der Waals surface area contributed by atoms with Crippen LogP contribution in [0.1, 0.15) is 54.3 Å². The molecule has 0 saturated carbocycles. The molecule has 0 atom stereocenters. The number of thioether (sulfide) groups is 1. The van der Waals surface area contributed by atoms with Gasteiger partial charge in [-0.05, 0) is 87.4 Å². The summed E-state index contributed by atoms with van der Waals surface area (Å²) >= 11 is 1.34. The molecule has 1 N–H and O–H groups in total. The lowest BCUT2D eigenvalue weighted by molar-refractivity contribution is -0.140. The number of allylic oxidation sites excluding steroid dienone is 4. The number of hydrogen-bond acceptors (Lipinski definition) is 7. The second kappa shape index (κ2) is 12.0. The quantitative estimate of drug-likeness (QED) is 0.0753. The SMILES string of the molecule is CCn1c2ccc(C(=O)C3=C(C)CCC=C3)cc2c2cc(C(=O)/C(CSc3ccc(O)cc3)=N/OC(C)=O)ccc21. The van der Waals surface area contributed by atoms with Gasteiger partial charge in [0.25, 0.3) is 0 Å². The topological polar surface area (TPSA) is 98.0 Å². The second-order valence-corrected chi connectivity index (χ2v) is 11.0. The fraction of sp³-hybridized carbons (Fsp3) is 0.212. The highest BCUT2D eigenvalue weighted by molar-refractivity contribution is 8.00. The number of hydrogen-bond donors (Lipinski definition) is 1. The molecule has 0 spiro atoms. The van der Waals surface area contributed by atoms with Gasteiger partial charge >= 0.3 is 5.97 Å². The first-order valence-corrected chi connectivity index (χ1v) is 14.4. The van der Waals surface area contributed by atoms with E-state index in [9.17, 15) is 19.5 Å². The molecule has 1 aliphatic carbocycles. The van der Waals surface area contributed by atoms with E-state index in [0.717, 1.165) is 57.2 Å². The van der Waals surface area contributed by atoms with Crippen LogP contribution in [0, 0.1) is 0 Å². The van der Waals surface area contributed by atoms with Crippen molar-refractivity contribution in [2.45, 2.75) is 45.1 Å². The van der Waals surface area contributed by atoms with Gasteiger partial charge in [-0.3, -0.25) is 9.59 Å². The molecule has 0 aliphatic heterocycles. The maximum absolute atomic E-state index is 13.7. The summed E-state index contributed by atoms with van der Waals surface area (Å²) in [6.07, 6.45) is 5.77. The normalized spacial score (nSPS) is 13.7. The molecule has 0 bridgehead atoms. The maximum atomic E-state index is 13.7. The zero-order valence-electron chi connectivity index (χ0n) is 23.1. The molecule has 3 aromatic carbocycles. The van der Waals surface area contributed by atoms with Crippen molar-refractivity contribution in [1.29, 1.82) is 0 Å². The summed E-state index contributed by atoms with van der Waals surface area (Å²) in [5, 5.41) is 15.2. The van der Waals surface area contributed by atoms with Crippen LogP contribution in [-0.2, 0) is 16.2 Å². The Morgan fingerprint density at radius 2 is 1.63 bits per heavy atom. The summed E-state index contributed by atoms with van der Waals surface area (Å²) < 4.78 is 2.16. The molecule has 1 aromatic heterocycles. The highest BCUT2D eigenvalue weighted by Gasteiger charge is 2.21. The fourth-order valence-corrected chi connectivity index (χ4v) is 5.86. The second-order valence-electron chi connectivity index (χ2n) is 9.90. The molecule has 1 heterocycles. The number of aromatic hydroxyl groups is 1. The Morgan fingerprint density at radius 1 is 0.976 bits per heavy atom. The third-order valence-corrected chi connectivity index (χ3v) is 8.16. The molecule has 208 valence electrons. The zero-order chi connectivity index (χ0) is 29.1. The number of ketones is 2. The van der Waals surface area contributed by atoms with Crippen LogP contribution in [0.15, 0.2) is 94.0 Å². The molecule has 0 unspecified atom stereocenters.